The summed E-state index contributed by atoms with van der Waals surface area (Å²) in [6.45, 7) is 1.85. The first-order chi connectivity index (χ1) is 7.63. The summed E-state index contributed by atoms with van der Waals surface area (Å²) < 4.78 is 1.15. The molecule has 86 valence electrons. The number of hydrogen-bond acceptors (Lipinski definition) is 3. The maximum Gasteiger partial charge on any atom is 0.0703 e. The molecule has 4 heteroatoms. The summed E-state index contributed by atoms with van der Waals surface area (Å²) in [7, 11) is 2.10. The highest BCUT2D eigenvalue weighted by Gasteiger charge is 2.37. The first kappa shape index (κ1) is 12.1. The van der Waals surface area contributed by atoms with Crippen molar-refractivity contribution >= 4 is 27.3 Å². The summed E-state index contributed by atoms with van der Waals surface area (Å²) in [5, 5.41) is 11.3. The van der Waals surface area contributed by atoms with Gasteiger partial charge in [-0.3, -0.25) is 4.90 Å². The highest BCUT2D eigenvalue weighted by Crippen LogP contribution is 2.40. The van der Waals surface area contributed by atoms with Gasteiger partial charge < -0.3 is 0 Å². The maximum absolute atomic E-state index is 9.17. The number of thiophene rings is 1. The highest BCUT2D eigenvalue weighted by atomic mass is 79.9. The molecule has 1 heterocycles. The molecule has 0 bridgehead atoms. The smallest absolute Gasteiger partial charge is 0.0703 e. The molecule has 0 atom stereocenters. The molecule has 0 aliphatic heterocycles. The van der Waals surface area contributed by atoms with Crippen molar-refractivity contribution in [3.63, 3.8) is 0 Å². The van der Waals surface area contributed by atoms with Crippen molar-refractivity contribution in [3.8, 4) is 6.07 Å². The van der Waals surface area contributed by atoms with Gasteiger partial charge in [-0.1, -0.05) is 6.42 Å². The molecule has 0 spiro atoms. The van der Waals surface area contributed by atoms with Crippen LogP contribution < -0.4 is 0 Å². The number of nitriles is 1. The van der Waals surface area contributed by atoms with Crippen LogP contribution in [0.5, 0.6) is 0 Å². The largest absolute Gasteiger partial charge is 0.300 e. The van der Waals surface area contributed by atoms with Crippen LogP contribution in [0.4, 0.5) is 0 Å². The van der Waals surface area contributed by atoms with Crippen molar-refractivity contribution in [2.45, 2.75) is 25.8 Å². The summed E-state index contributed by atoms with van der Waals surface area (Å²) in [5.74, 6) is 0. The van der Waals surface area contributed by atoms with Crippen LogP contribution in [0.15, 0.2) is 15.9 Å². The first-order valence-electron chi connectivity index (χ1n) is 5.46. The normalized spacial score (nSPS) is 18.1. The van der Waals surface area contributed by atoms with E-state index < -0.39 is 0 Å². The van der Waals surface area contributed by atoms with Crippen LogP contribution in [0, 0.1) is 16.7 Å². The summed E-state index contributed by atoms with van der Waals surface area (Å²) in [4.78, 5) is 3.61. The molecule has 16 heavy (non-hydrogen) atoms. The molecule has 1 aromatic rings. The van der Waals surface area contributed by atoms with Gasteiger partial charge in [0, 0.05) is 27.8 Å². The molecular formula is C12H15BrN2S. The van der Waals surface area contributed by atoms with Gasteiger partial charge in [0.05, 0.1) is 11.5 Å². The topological polar surface area (TPSA) is 27.0 Å². The van der Waals surface area contributed by atoms with Crippen LogP contribution >= 0.6 is 27.3 Å². The van der Waals surface area contributed by atoms with Gasteiger partial charge in [0.1, 0.15) is 0 Å². The second-order valence-electron chi connectivity index (χ2n) is 4.65. The third-order valence-electron chi connectivity index (χ3n) is 3.17. The van der Waals surface area contributed by atoms with E-state index >= 15 is 0 Å². The fourth-order valence-electron chi connectivity index (χ4n) is 2.18. The predicted octanol–water partition coefficient (Wildman–Crippen LogP) is 3.64. The fraction of sp³-hybridized carbons (Fsp3) is 0.583. The van der Waals surface area contributed by atoms with Gasteiger partial charge in [0.2, 0.25) is 0 Å². The molecule has 1 fully saturated rings. The zero-order valence-corrected chi connectivity index (χ0v) is 11.8. The van der Waals surface area contributed by atoms with Gasteiger partial charge in [0.25, 0.3) is 0 Å². The van der Waals surface area contributed by atoms with Crippen molar-refractivity contribution in [2.75, 3.05) is 13.6 Å². The SMILES string of the molecule is CN(Cc1cc(Br)cs1)CC1(C#N)CCC1. The van der Waals surface area contributed by atoms with Gasteiger partial charge in [-0.15, -0.1) is 11.3 Å². The molecule has 2 rings (SSSR count). The molecule has 0 saturated heterocycles. The molecule has 0 unspecified atom stereocenters. The van der Waals surface area contributed by atoms with E-state index in [2.05, 4.69) is 45.4 Å². The lowest BCUT2D eigenvalue weighted by molar-refractivity contribution is 0.135. The number of halogens is 1. The van der Waals surface area contributed by atoms with Crippen LogP contribution in [0.2, 0.25) is 0 Å². The highest BCUT2D eigenvalue weighted by molar-refractivity contribution is 9.10. The molecule has 1 aliphatic carbocycles. The monoisotopic (exact) mass is 298 g/mol. The zero-order valence-electron chi connectivity index (χ0n) is 9.37. The third-order valence-corrected chi connectivity index (χ3v) is 4.85. The van der Waals surface area contributed by atoms with Crippen molar-refractivity contribution < 1.29 is 0 Å². The number of hydrogen-bond donors (Lipinski definition) is 0. The van der Waals surface area contributed by atoms with Crippen LogP contribution in [0.3, 0.4) is 0 Å². The van der Waals surface area contributed by atoms with E-state index in [-0.39, 0.29) is 5.41 Å². The Bertz CT molecular complexity index is 403. The van der Waals surface area contributed by atoms with Crippen molar-refractivity contribution in [1.82, 2.24) is 4.90 Å². The molecule has 2 nitrogen and oxygen atoms in total. The minimum atomic E-state index is -0.0523. The Labute approximate surface area is 109 Å². The average molecular weight is 299 g/mol. The lowest BCUT2D eigenvalue weighted by atomic mass is 9.70. The second kappa shape index (κ2) is 4.87. The molecule has 1 saturated carbocycles. The van der Waals surface area contributed by atoms with E-state index in [0.29, 0.717) is 0 Å². The van der Waals surface area contributed by atoms with Crippen LogP contribution in [0.25, 0.3) is 0 Å². The lowest BCUT2D eigenvalue weighted by Crippen LogP contribution is -2.39. The minimum absolute atomic E-state index is 0.0523. The quantitative estimate of drug-likeness (QED) is 0.849. The molecule has 1 aromatic heterocycles. The van der Waals surface area contributed by atoms with E-state index in [0.717, 1.165) is 30.4 Å². The maximum atomic E-state index is 9.17. The Morgan fingerprint density at radius 2 is 2.38 bits per heavy atom. The molecule has 0 amide bonds. The molecule has 0 N–H and O–H groups in total. The average Bonchev–Trinajstić information content (AvgIpc) is 2.57. The van der Waals surface area contributed by atoms with Crippen molar-refractivity contribution in [2.24, 2.45) is 5.41 Å². The second-order valence-corrected chi connectivity index (χ2v) is 6.56. The standard InChI is InChI=1S/C12H15BrN2S/c1-15(6-11-5-10(13)7-16-11)9-12(8-14)3-2-4-12/h5,7H,2-4,6,9H2,1H3. The Kier molecular flexibility index (Phi) is 3.68. The fourth-order valence-corrected chi connectivity index (χ4v) is 3.71. The lowest BCUT2D eigenvalue weighted by Gasteiger charge is -2.38. The van der Waals surface area contributed by atoms with Gasteiger partial charge >= 0.3 is 0 Å². The van der Waals surface area contributed by atoms with E-state index in [1.54, 1.807) is 11.3 Å². The summed E-state index contributed by atoms with van der Waals surface area (Å²) in [6, 6.07) is 4.64. The summed E-state index contributed by atoms with van der Waals surface area (Å²) in [6.07, 6.45) is 3.36. The van der Waals surface area contributed by atoms with Gasteiger partial charge in [-0.25, -0.2) is 0 Å². The van der Waals surface area contributed by atoms with Crippen LogP contribution in [-0.4, -0.2) is 18.5 Å². The van der Waals surface area contributed by atoms with Crippen molar-refractivity contribution in [3.05, 3.63) is 20.8 Å². The van der Waals surface area contributed by atoms with Crippen LogP contribution in [-0.2, 0) is 6.54 Å². The summed E-state index contributed by atoms with van der Waals surface area (Å²) >= 11 is 5.23. The first-order valence-corrected chi connectivity index (χ1v) is 7.13. The van der Waals surface area contributed by atoms with E-state index in [1.807, 2.05) is 0 Å². The molecule has 0 aromatic carbocycles. The molecule has 1 aliphatic rings. The Hall–Kier alpha value is -0.370. The van der Waals surface area contributed by atoms with E-state index in [4.69, 9.17) is 0 Å². The number of rotatable bonds is 4. The van der Waals surface area contributed by atoms with Gasteiger partial charge in [0.15, 0.2) is 0 Å². The van der Waals surface area contributed by atoms with E-state index in [1.165, 1.54) is 11.3 Å². The van der Waals surface area contributed by atoms with Gasteiger partial charge in [-0.2, -0.15) is 5.26 Å². The third kappa shape index (κ3) is 2.65. The van der Waals surface area contributed by atoms with E-state index in [9.17, 15) is 5.26 Å². The Morgan fingerprint density at radius 1 is 1.62 bits per heavy atom. The Morgan fingerprint density at radius 3 is 2.81 bits per heavy atom. The molecular weight excluding hydrogens is 284 g/mol. The Balaban J connectivity index is 1.89. The predicted molar refractivity (Wildman–Crippen MR) is 70.3 cm³/mol. The van der Waals surface area contributed by atoms with Gasteiger partial charge in [-0.05, 0) is 41.9 Å². The van der Waals surface area contributed by atoms with Crippen LogP contribution in [0.1, 0.15) is 24.1 Å². The molecule has 0 radical (unpaired) electrons. The van der Waals surface area contributed by atoms with Crippen molar-refractivity contribution in [1.29, 1.82) is 5.26 Å². The minimum Gasteiger partial charge on any atom is -0.300 e. The summed E-state index contributed by atoms with van der Waals surface area (Å²) in [5.41, 5.74) is -0.0523. The zero-order chi connectivity index (χ0) is 11.6. The number of nitrogens with zero attached hydrogens (tertiary/aromatic N) is 2.